The van der Waals surface area contributed by atoms with Crippen LogP contribution in [0.4, 0.5) is 0 Å². The van der Waals surface area contributed by atoms with E-state index in [1.807, 2.05) is 79.2 Å². The fourth-order valence-corrected chi connectivity index (χ4v) is 4.00. The standard InChI is InChI=1S/C12H13BrN2O.C12H11BrN2O/c2*1-9-12(13)11(8-16)15(14-9)7-10-5-3-2-4-6-10/h2-6,16H,7-8H2,1H3;2-6,8H,7H2,1H3. The van der Waals surface area contributed by atoms with Crippen molar-refractivity contribution in [2.75, 3.05) is 0 Å². The molecule has 0 saturated carbocycles. The highest BCUT2D eigenvalue weighted by Gasteiger charge is 2.12. The van der Waals surface area contributed by atoms with Crippen LogP contribution in [0.3, 0.4) is 0 Å². The Morgan fingerprint density at radius 1 is 0.812 bits per heavy atom. The number of aryl methyl sites for hydroxylation is 2. The largest absolute Gasteiger partial charge is 0.390 e. The zero-order valence-electron chi connectivity index (χ0n) is 17.9. The number of aliphatic hydroxyl groups is 1. The molecule has 4 rings (SSSR count). The average Bonchev–Trinajstić information content (AvgIpc) is 3.23. The van der Waals surface area contributed by atoms with E-state index in [4.69, 9.17) is 0 Å². The van der Waals surface area contributed by atoms with Crippen molar-refractivity contribution in [2.24, 2.45) is 0 Å². The summed E-state index contributed by atoms with van der Waals surface area (Å²) in [4.78, 5) is 11.0. The summed E-state index contributed by atoms with van der Waals surface area (Å²) in [7, 11) is 0. The molecule has 0 atom stereocenters. The minimum absolute atomic E-state index is 0.00570. The van der Waals surface area contributed by atoms with Crippen LogP contribution in [0.2, 0.25) is 0 Å². The van der Waals surface area contributed by atoms with Gasteiger partial charge in [-0.15, -0.1) is 0 Å². The van der Waals surface area contributed by atoms with Crippen LogP contribution in [0, 0.1) is 13.8 Å². The third-order valence-electron chi connectivity index (χ3n) is 4.86. The summed E-state index contributed by atoms with van der Waals surface area (Å²) in [5.41, 5.74) is 5.44. The second-order valence-corrected chi connectivity index (χ2v) is 8.78. The molecule has 0 aliphatic rings. The number of carbonyl (C=O) groups is 1. The molecule has 6 nitrogen and oxygen atoms in total. The number of carbonyl (C=O) groups excluding carboxylic acids is 1. The molecular weight excluding hydrogens is 536 g/mol. The van der Waals surface area contributed by atoms with Crippen molar-refractivity contribution in [3.8, 4) is 0 Å². The van der Waals surface area contributed by atoms with Crippen LogP contribution in [0.15, 0.2) is 69.6 Å². The number of nitrogens with zero attached hydrogens (tertiary/aromatic N) is 4. The first-order chi connectivity index (χ1) is 15.4. The summed E-state index contributed by atoms with van der Waals surface area (Å²) in [6.07, 6.45) is 0.826. The molecule has 0 aliphatic heterocycles. The van der Waals surface area contributed by atoms with Gasteiger partial charge in [0.2, 0.25) is 0 Å². The number of hydrogen-bond acceptors (Lipinski definition) is 4. The molecule has 4 aromatic rings. The predicted molar refractivity (Wildman–Crippen MR) is 132 cm³/mol. The Hall–Kier alpha value is -2.55. The van der Waals surface area contributed by atoms with Gasteiger partial charge in [0.1, 0.15) is 5.69 Å². The molecule has 0 spiro atoms. The summed E-state index contributed by atoms with van der Waals surface area (Å²) in [6, 6.07) is 20.0. The van der Waals surface area contributed by atoms with Crippen molar-refractivity contribution in [2.45, 2.75) is 33.5 Å². The van der Waals surface area contributed by atoms with E-state index in [9.17, 15) is 9.90 Å². The van der Waals surface area contributed by atoms with Crippen LogP contribution in [0.1, 0.15) is 38.7 Å². The zero-order chi connectivity index (χ0) is 23.1. The van der Waals surface area contributed by atoms with Crippen molar-refractivity contribution in [1.82, 2.24) is 19.6 Å². The topological polar surface area (TPSA) is 72.9 Å². The van der Waals surface area contributed by atoms with E-state index in [2.05, 4.69) is 42.1 Å². The van der Waals surface area contributed by atoms with E-state index < -0.39 is 0 Å². The molecule has 8 heteroatoms. The third kappa shape index (κ3) is 5.82. The van der Waals surface area contributed by atoms with Crippen molar-refractivity contribution in [1.29, 1.82) is 0 Å². The second kappa shape index (κ2) is 11.4. The van der Waals surface area contributed by atoms with Gasteiger partial charge in [-0.3, -0.25) is 14.2 Å². The van der Waals surface area contributed by atoms with Crippen LogP contribution >= 0.6 is 31.9 Å². The van der Waals surface area contributed by atoms with Gasteiger partial charge in [0.15, 0.2) is 6.29 Å². The van der Waals surface area contributed by atoms with Gasteiger partial charge < -0.3 is 5.11 Å². The lowest BCUT2D eigenvalue weighted by atomic mass is 10.2. The normalized spacial score (nSPS) is 10.5. The minimum Gasteiger partial charge on any atom is -0.390 e. The van der Waals surface area contributed by atoms with Crippen molar-refractivity contribution in [3.63, 3.8) is 0 Å². The molecule has 0 aliphatic carbocycles. The highest BCUT2D eigenvalue weighted by atomic mass is 79.9. The van der Waals surface area contributed by atoms with Gasteiger partial charge in [-0.2, -0.15) is 10.2 Å². The third-order valence-corrected chi connectivity index (χ3v) is 6.87. The van der Waals surface area contributed by atoms with Gasteiger partial charge in [0.25, 0.3) is 0 Å². The molecule has 1 N–H and O–H groups in total. The highest BCUT2D eigenvalue weighted by Crippen LogP contribution is 2.22. The number of aromatic nitrogens is 4. The summed E-state index contributed by atoms with van der Waals surface area (Å²) in [5, 5.41) is 18.0. The van der Waals surface area contributed by atoms with E-state index in [0.29, 0.717) is 18.8 Å². The number of aldehydes is 1. The lowest BCUT2D eigenvalue weighted by Gasteiger charge is -2.05. The maximum absolute atomic E-state index is 11.0. The quantitative estimate of drug-likeness (QED) is 0.325. The predicted octanol–water partition coefficient (Wildman–Crippen LogP) is 5.31. The first kappa shape index (κ1) is 24.1. The van der Waals surface area contributed by atoms with Crippen molar-refractivity contribution >= 4 is 38.1 Å². The zero-order valence-corrected chi connectivity index (χ0v) is 21.0. The smallest absolute Gasteiger partial charge is 0.169 e. The summed E-state index contributed by atoms with van der Waals surface area (Å²) < 4.78 is 5.21. The van der Waals surface area contributed by atoms with Crippen molar-refractivity contribution in [3.05, 3.63) is 104 Å². The van der Waals surface area contributed by atoms with Gasteiger partial charge >= 0.3 is 0 Å². The van der Waals surface area contributed by atoms with E-state index in [1.54, 1.807) is 4.68 Å². The molecule has 0 radical (unpaired) electrons. The molecule has 166 valence electrons. The number of aliphatic hydroxyl groups excluding tert-OH is 1. The van der Waals surface area contributed by atoms with E-state index in [0.717, 1.165) is 37.9 Å². The maximum Gasteiger partial charge on any atom is 0.169 e. The minimum atomic E-state index is -0.00570. The maximum atomic E-state index is 11.0. The molecule has 0 saturated heterocycles. The Labute approximate surface area is 204 Å². The average molecular weight is 560 g/mol. The molecular formula is C24H24Br2N4O2. The fourth-order valence-electron chi connectivity index (χ4n) is 3.21. The van der Waals surface area contributed by atoms with Crippen LogP contribution in [-0.4, -0.2) is 31.0 Å². The number of rotatable bonds is 6. The van der Waals surface area contributed by atoms with Crippen molar-refractivity contribution < 1.29 is 9.90 Å². The lowest BCUT2D eigenvalue weighted by Crippen LogP contribution is -2.06. The lowest BCUT2D eigenvalue weighted by molar-refractivity contribution is 0.111. The van der Waals surface area contributed by atoms with Gasteiger partial charge in [-0.25, -0.2) is 0 Å². The SMILES string of the molecule is Cc1nn(Cc2ccccc2)c(C=O)c1Br.Cc1nn(Cc2ccccc2)c(CO)c1Br. The first-order valence-corrected chi connectivity index (χ1v) is 11.6. The van der Waals surface area contributed by atoms with Crippen LogP contribution in [0.5, 0.6) is 0 Å². The summed E-state index contributed by atoms with van der Waals surface area (Å²) in [6.45, 7) is 5.09. The number of halogens is 2. The van der Waals surface area contributed by atoms with E-state index in [1.165, 1.54) is 5.56 Å². The van der Waals surface area contributed by atoms with Crippen LogP contribution in [-0.2, 0) is 19.7 Å². The monoisotopic (exact) mass is 558 g/mol. The molecule has 0 bridgehead atoms. The van der Waals surface area contributed by atoms with Crippen LogP contribution in [0.25, 0.3) is 0 Å². The number of benzene rings is 2. The Kier molecular flexibility index (Phi) is 8.55. The van der Waals surface area contributed by atoms with Gasteiger partial charge in [-0.05, 0) is 56.8 Å². The Balaban J connectivity index is 0.000000181. The first-order valence-electron chi connectivity index (χ1n) is 10.0. The summed E-state index contributed by atoms with van der Waals surface area (Å²) >= 11 is 6.79. The van der Waals surface area contributed by atoms with E-state index in [-0.39, 0.29) is 6.61 Å². The molecule has 2 aromatic heterocycles. The van der Waals surface area contributed by atoms with E-state index >= 15 is 0 Å². The molecule has 0 amide bonds. The number of hydrogen-bond donors (Lipinski definition) is 1. The van der Waals surface area contributed by atoms with Crippen LogP contribution < -0.4 is 0 Å². The fraction of sp³-hybridized carbons (Fsp3) is 0.208. The van der Waals surface area contributed by atoms with Gasteiger partial charge in [0.05, 0.1) is 45.7 Å². The summed E-state index contributed by atoms with van der Waals surface area (Å²) in [5.74, 6) is 0. The Bertz CT molecular complexity index is 1170. The Morgan fingerprint density at radius 3 is 1.78 bits per heavy atom. The van der Waals surface area contributed by atoms with Gasteiger partial charge in [0, 0.05) is 0 Å². The molecule has 0 fully saturated rings. The Morgan fingerprint density at radius 2 is 1.28 bits per heavy atom. The molecule has 2 aromatic carbocycles. The molecule has 2 heterocycles. The highest BCUT2D eigenvalue weighted by molar-refractivity contribution is 9.10. The molecule has 0 unspecified atom stereocenters. The second-order valence-electron chi connectivity index (χ2n) is 7.19. The van der Waals surface area contributed by atoms with Gasteiger partial charge in [-0.1, -0.05) is 60.7 Å². The molecule has 32 heavy (non-hydrogen) atoms.